The van der Waals surface area contributed by atoms with Gasteiger partial charge in [-0.15, -0.1) is 11.3 Å². The number of rotatable bonds is 5. The molecule has 3 rings (SSSR count). The molecule has 1 aliphatic rings. The third-order valence-electron chi connectivity index (χ3n) is 4.47. The van der Waals surface area contributed by atoms with Gasteiger partial charge in [0, 0.05) is 22.6 Å². The number of nitrogens with zero attached hydrogens (tertiary/aromatic N) is 1. The summed E-state index contributed by atoms with van der Waals surface area (Å²) in [6.45, 7) is 0. The highest BCUT2D eigenvalue weighted by atomic mass is 32.1. The molecule has 10 heteroatoms. The number of anilines is 1. The Balaban J connectivity index is 1.94. The van der Waals surface area contributed by atoms with Crippen LogP contribution in [0, 0.1) is 10.1 Å². The minimum Gasteiger partial charge on any atom is -0.469 e. The van der Waals surface area contributed by atoms with Gasteiger partial charge in [-0.05, 0) is 30.5 Å². The molecule has 0 bridgehead atoms. The van der Waals surface area contributed by atoms with Gasteiger partial charge in [-0.1, -0.05) is 0 Å². The van der Waals surface area contributed by atoms with E-state index in [2.05, 4.69) is 5.32 Å². The molecular formula is C18H16N2O7S. The van der Waals surface area contributed by atoms with E-state index in [4.69, 9.17) is 9.47 Å². The average Bonchev–Trinajstić information content (AvgIpc) is 3.25. The zero-order valence-corrected chi connectivity index (χ0v) is 15.8. The number of aryl methyl sites for hydroxylation is 1. The van der Waals surface area contributed by atoms with E-state index in [9.17, 15) is 24.5 Å². The normalized spacial score (nSPS) is 14.9. The Bertz CT molecular complexity index is 965. The van der Waals surface area contributed by atoms with Crippen LogP contribution < -0.4 is 5.32 Å². The van der Waals surface area contributed by atoms with E-state index in [1.165, 1.54) is 49.8 Å². The zero-order valence-electron chi connectivity index (χ0n) is 15.0. The van der Waals surface area contributed by atoms with Crippen molar-refractivity contribution < 1.29 is 28.8 Å². The second-order valence-corrected chi connectivity index (χ2v) is 7.11. The van der Waals surface area contributed by atoms with E-state index < -0.39 is 28.7 Å². The van der Waals surface area contributed by atoms with Crippen molar-refractivity contribution in [3.8, 4) is 0 Å². The fraction of sp³-hybridized carbons (Fsp3) is 0.278. The van der Waals surface area contributed by atoms with Crippen LogP contribution in [0.1, 0.15) is 43.5 Å². The van der Waals surface area contributed by atoms with Gasteiger partial charge in [-0.2, -0.15) is 0 Å². The van der Waals surface area contributed by atoms with Crippen LogP contribution in [0.2, 0.25) is 0 Å². The highest BCUT2D eigenvalue weighted by molar-refractivity contribution is 7.17. The SMILES string of the molecule is COC(=O)c1c(NC(=O)c2ccc([N+](=O)[O-])cc2)sc2c1C(C(=O)OC)CC2. The Morgan fingerprint density at radius 1 is 1.18 bits per heavy atom. The Labute approximate surface area is 163 Å². The van der Waals surface area contributed by atoms with Crippen molar-refractivity contribution >= 4 is 39.9 Å². The monoisotopic (exact) mass is 404 g/mol. The van der Waals surface area contributed by atoms with Crippen molar-refractivity contribution in [2.45, 2.75) is 18.8 Å². The van der Waals surface area contributed by atoms with Crippen molar-refractivity contribution in [1.29, 1.82) is 0 Å². The number of nitro groups is 1. The van der Waals surface area contributed by atoms with Gasteiger partial charge in [-0.3, -0.25) is 19.7 Å². The first-order chi connectivity index (χ1) is 13.4. The first-order valence-corrected chi connectivity index (χ1v) is 9.06. The van der Waals surface area contributed by atoms with Crippen LogP contribution in [0.5, 0.6) is 0 Å². The summed E-state index contributed by atoms with van der Waals surface area (Å²) in [4.78, 5) is 47.9. The molecule has 28 heavy (non-hydrogen) atoms. The fourth-order valence-electron chi connectivity index (χ4n) is 3.15. The molecule has 0 spiro atoms. The zero-order chi connectivity index (χ0) is 20.4. The summed E-state index contributed by atoms with van der Waals surface area (Å²) in [6.07, 6.45) is 1.10. The second-order valence-electron chi connectivity index (χ2n) is 6.01. The summed E-state index contributed by atoms with van der Waals surface area (Å²) >= 11 is 1.21. The lowest BCUT2D eigenvalue weighted by atomic mass is 9.99. The van der Waals surface area contributed by atoms with Gasteiger partial charge in [0.15, 0.2) is 0 Å². The maximum atomic E-state index is 12.5. The van der Waals surface area contributed by atoms with Gasteiger partial charge in [0.2, 0.25) is 0 Å². The summed E-state index contributed by atoms with van der Waals surface area (Å²) in [5.41, 5.74) is 0.732. The molecule has 0 saturated heterocycles. The van der Waals surface area contributed by atoms with Crippen molar-refractivity contribution in [3.63, 3.8) is 0 Å². The van der Waals surface area contributed by atoms with E-state index in [1.807, 2.05) is 0 Å². The lowest BCUT2D eigenvalue weighted by Gasteiger charge is -2.11. The number of ether oxygens (including phenoxy) is 2. The van der Waals surface area contributed by atoms with Crippen LogP contribution in [0.25, 0.3) is 0 Å². The van der Waals surface area contributed by atoms with Crippen molar-refractivity contribution in [1.82, 2.24) is 0 Å². The third-order valence-corrected chi connectivity index (χ3v) is 5.65. The van der Waals surface area contributed by atoms with E-state index in [1.54, 1.807) is 0 Å². The highest BCUT2D eigenvalue weighted by Crippen LogP contribution is 2.46. The third kappa shape index (κ3) is 3.46. The number of carbonyl (C=O) groups excluding carboxylic acids is 3. The quantitative estimate of drug-likeness (QED) is 0.461. The van der Waals surface area contributed by atoms with Gasteiger partial charge < -0.3 is 14.8 Å². The first-order valence-electron chi connectivity index (χ1n) is 8.24. The minimum absolute atomic E-state index is 0.136. The number of carbonyl (C=O) groups is 3. The lowest BCUT2D eigenvalue weighted by molar-refractivity contribution is -0.384. The lowest BCUT2D eigenvalue weighted by Crippen LogP contribution is -2.17. The molecule has 9 nitrogen and oxygen atoms in total. The van der Waals surface area contributed by atoms with Crippen LogP contribution in [-0.2, 0) is 20.7 Å². The number of nitro benzene ring substituents is 1. The molecule has 2 aromatic rings. The fourth-order valence-corrected chi connectivity index (χ4v) is 4.41. The van der Waals surface area contributed by atoms with E-state index in [-0.39, 0.29) is 21.8 Å². The predicted octanol–water partition coefficient (Wildman–Crippen LogP) is 2.90. The Morgan fingerprint density at radius 2 is 1.86 bits per heavy atom. The van der Waals surface area contributed by atoms with Crippen LogP contribution in [-0.4, -0.2) is 37.0 Å². The largest absolute Gasteiger partial charge is 0.469 e. The van der Waals surface area contributed by atoms with Crippen molar-refractivity contribution in [3.05, 3.63) is 55.9 Å². The number of benzene rings is 1. The van der Waals surface area contributed by atoms with Crippen LogP contribution in [0.15, 0.2) is 24.3 Å². The summed E-state index contributed by atoms with van der Waals surface area (Å²) in [7, 11) is 2.50. The number of hydrogen-bond acceptors (Lipinski definition) is 8. The van der Waals surface area contributed by atoms with Gasteiger partial charge >= 0.3 is 11.9 Å². The van der Waals surface area contributed by atoms with Gasteiger partial charge in [0.25, 0.3) is 11.6 Å². The van der Waals surface area contributed by atoms with Gasteiger partial charge in [0.05, 0.1) is 30.6 Å². The Hall–Kier alpha value is -3.27. The Kier molecular flexibility index (Phi) is 5.41. The topological polar surface area (TPSA) is 125 Å². The molecule has 1 amide bonds. The number of esters is 2. The maximum Gasteiger partial charge on any atom is 0.341 e. The standard InChI is InChI=1S/C18H16N2O7S/c1-26-17(22)11-7-8-12-13(11)14(18(23)27-2)16(28-12)19-15(21)9-3-5-10(6-4-9)20(24)25/h3-6,11H,7-8H2,1-2H3,(H,19,21). The molecule has 1 unspecified atom stereocenters. The maximum absolute atomic E-state index is 12.5. The molecule has 1 heterocycles. The molecule has 0 aliphatic heterocycles. The highest BCUT2D eigenvalue weighted by Gasteiger charge is 2.38. The number of thiophene rings is 1. The van der Waals surface area contributed by atoms with Crippen LogP contribution in [0.3, 0.4) is 0 Å². The van der Waals surface area contributed by atoms with Crippen LogP contribution >= 0.6 is 11.3 Å². The molecular weight excluding hydrogens is 388 g/mol. The summed E-state index contributed by atoms with van der Waals surface area (Å²) in [5, 5.41) is 13.7. The molecule has 1 aliphatic carbocycles. The van der Waals surface area contributed by atoms with E-state index in [0.29, 0.717) is 18.4 Å². The molecule has 0 saturated carbocycles. The minimum atomic E-state index is -0.660. The molecule has 1 aromatic carbocycles. The number of fused-ring (bicyclic) bond motifs is 1. The summed E-state index contributed by atoms with van der Waals surface area (Å²) < 4.78 is 9.66. The summed E-state index contributed by atoms with van der Waals surface area (Å²) in [6, 6.07) is 5.09. The van der Waals surface area contributed by atoms with Crippen molar-refractivity contribution in [2.75, 3.05) is 19.5 Å². The average molecular weight is 404 g/mol. The molecule has 1 atom stereocenters. The molecule has 0 fully saturated rings. The van der Waals surface area contributed by atoms with Gasteiger partial charge in [0.1, 0.15) is 5.00 Å². The number of methoxy groups -OCH3 is 2. The Morgan fingerprint density at radius 3 is 2.43 bits per heavy atom. The van der Waals surface area contributed by atoms with E-state index >= 15 is 0 Å². The number of hydrogen-bond donors (Lipinski definition) is 1. The first kappa shape index (κ1) is 19.5. The second kappa shape index (κ2) is 7.77. The van der Waals surface area contributed by atoms with Gasteiger partial charge in [-0.25, -0.2) is 4.79 Å². The van der Waals surface area contributed by atoms with Crippen molar-refractivity contribution in [2.24, 2.45) is 0 Å². The smallest absolute Gasteiger partial charge is 0.341 e. The van der Waals surface area contributed by atoms with Crippen LogP contribution in [0.4, 0.5) is 10.7 Å². The molecule has 146 valence electrons. The predicted molar refractivity (Wildman–Crippen MR) is 99.8 cm³/mol. The van der Waals surface area contributed by atoms with E-state index in [0.717, 1.165) is 4.88 Å². The number of non-ortho nitro benzene ring substituents is 1. The molecule has 1 aromatic heterocycles. The summed E-state index contributed by atoms with van der Waals surface area (Å²) in [5.74, 6) is -2.23. The molecule has 0 radical (unpaired) electrons. The number of nitrogens with one attached hydrogen (secondary N) is 1. The number of amides is 1. The molecule has 1 N–H and O–H groups in total.